The molecule has 1 heterocycles. The Labute approximate surface area is 81.4 Å². The zero-order chi connectivity index (χ0) is 10.6. The van der Waals surface area contributed by atoms with Gasteiger partial charge in [-0.2, -0.15) is 0 Å². The summed E-state index contributed by atoms with van der Waals surface area (Å²) in [5, 5.41) is 0. The van der Waals surface area contributed by atoms with E-state index in [1.807, 2.05) is 0 Å². The first-order valence-corrected chi connectivity index (χ1v) is 5.36. The first-order valence-electron chi connectivity index (χ1n) is 3.90. The van der Waals surface area contributed by atoms with Gasteiger partial charge in [-0.3, -0.25) is 9.05 Å². The second-order valence-electron chi connectivity index (χ2n) is 2.57. The maximum atomic E-state index is 11.3. The predicted molar refractivity (Wildman–Crippen MR) is 46.4 cm³/mol. The largest absolute Gasteiger partial charge is 0.477 e. The third-order valence-electron chi connectivity index (χ3n) is 1.33. The van der Waals surface area contributed by atoms with E-state index < -0.39 is 20.6 Å². The maximum absolute atomic E-state index is 11.3. The zero-order valence-corrected chi connectivity index (χ0v) is 8.62. The summed E-state index contributed by atoms with van der Waals surface area (Å²) in [4.78, 5) is 10.8. The van der Waals surface area contributed by atoms with E-state index in [2.05, 4.69) is 24.9 Å². The summed E-state index contributed by atoms with van der Waals surface area (Å²) in [5.41, 5.74) is 0.236. The lowest BCUT2D eigenvalue weighted by atomic mass is 10.4. The number of carbonyl (C=O) groups is 1. The van der Waals surface area contributed by atoms with E-state index in [0.717, 1.165) is 0 Å². The van der Waals surface area contributed by atoms with Crippen molar-refractivity contribution in [3.63, 3.8) is 0 Å². The topological polar surface area (TPSA) is 71.1 Å². The van der Waals surface area contributed by atoms with Crippen molar-refractivity contribution in [2.24, 2.45) is 0 Å². The maximum Gasteiger partial charge on any atom is 0.477 e. The van der Waals surface area contributed by atoms with E-state index in [-0.39, 0.29) is 18.8 Å². The van der Waals surface area contributed by atoms with E-state index in [1.54, 1.807) is 0 Å². The highest BCUT2D eigenvalue weighted by atomic mass is 31.2. The highest BCUT2D eigenvalue weighted by Crippen LogP contribution is 2.52. The summed E-state index contributed by atoms with van der Waals surface area (Å²) < 4.78 is 29.8. The number of hydrogen-bond donors (Lipinski definition) is 0. The molecule has 0 amide bonds. The summed E-state index contributed by atoms with van der Waals surface area (Å²) >= 11 is 0. The molecule has 0 atom stereocenters. The lowest BCUT2D eigenvalue weighted by Gasteiger charge is -2.09. The molecule has 0 aromatic carbocycles. The molecular weight excluding hydrogens is 211 g/mol. The van der Waals surface area contributed by atoms with E-state index in [9.17, 15) is 9.36 Å². The summed E-state index contributed by atoms with van der Waals surface area (Å²) in [5.74, 6) is -0.615. The van der Waals surface area contributed by atoms with E-state index in [1.165, 1.54) is 6.92 Å². The second-order valence-corrected chi connectivity index (χ2v) is 4.24. The van der Waals surface area contributed by atoms with E-state index in [4.69, 9.17) is 0 Å². The lowest BCUT2D eigenvalue weighted by molar-refractivity contribution is -0.146. The first-order chi connectivity index (χ1) is 6.53. The Balaban J connectivity index is 2.24. The molecule has 0 N–H and O–H groups in total. The summed E-state index contributed by atoms with van der Waals surface area (Å²) in [7, 11) is -3.46. The Kier molecular flexibility index (Phi) is 3.83. The van der Waals surface area contributed by atoms with Crippen LogP contribution in [0.5, 0.6) is 0 Å². The molecule has 1 saturated heterocycles. The Bertz CT molecular complexity index is 276. The van der Waals surface area contributed by atoms with Crippen LogP contribution in [0, 0.1) is 0 Å². The van der Waals surface area contributed by atoms with Gasteiger partial charge in [0.1, 0.15) is 0 Å². The molecule has 0 unspecified atom stereocenters. The Morgan fingerprint density at radius 3 is 2.57 bits per heavy atom. The van der Waals surface area contributed by atoms with Crippen molar-refractivity contribution in [2.75, 3.05) is 20.0 Å². The minimum atomic E-state index is -3.46. The van der Waals surface area contributed by atoms with Crippen LogP contribution in [0.4, 0.5) is 0 Å². The quantitative estimate of drug-likeness (QED) is 0.308. The molecule has 6 nitrogen and oxygen atoms in total. The van der Waals surface area contributed by atoms with Gasteiger partial charge in [-0.15, -0.1) is 0 Å². The molecule has 1 aliphatic rings. The van der Waals surface area contributed by atoms with Gasteiger partial charge in [0.25, 0.3) is 0 Å². The summed E-state index contributed by atoms with van der Waals surface area (Å²) in [6.07, 6.45) is 0. The Morgan fingerprint density at radius 1 is 1.50 bits per heavy atom. The highest BCUT2D eigenvalue weighted by Gasteiger charge is 2.32. The monoisotopic (exact) mass is 222 g/mol. The van der Waals surface area contributed by atoms with Crippen LogP contribution in [0.3, 0.4) is 0 Å². The smallest absolute Gasteiger partial charge is 0.435 e. The number of phosphoric ester groups is 1. The average Bonchev–Trinajstić information content (AvgIpc) is 2.52. The number of ether oxygens (including phenoxy) is 1. The van der Waals surface area contributed by atoms with E-state index in [0.29, 0.717) is 0 Å². The fourth-order valence-electron chi connectivity index (χ4n) is 0.678. The van der Waals surface area contributed by atoms with Gasteiger partial charge in [-0.05, 0) is 6.92 Å². The van der Waals surface area contributed by atoms with Gasteiger partial charge < -0.3 is 4.74 Å². The van der Waals surface area contributed by atoms with Crippen molar-refractivity contribution in [1.29, 1.82) is 0 Å². The molecule has 14 heavy (non-hydrogen) atoms. The SMILES string of the molecule is C=C(C)C(=O)OCOP1(=O)OCCO1. The predicted octanol–water partition coefficient (Wildman–Crippen LogP) is 1.23. The first kappa shape index (κ1) is 11.4. The van der Waals surface area contributed by atoms with Crippen LogP contribution in [0.15, 0.2) is 12.2 Å². The Hall–Kier alpha value is -0.680. The number of esters is 1. The normalized spacial score (nSPS) is 19.2. The van der Waals surface area contributed by atoms with Gasteiger partial charge in [-0.1, -0.05) is 6.58 Å². The average molecular weight is 222 g/mol. The molecular formula is C7H11O6P. The molecule has 0 aromatic rings. The van der Waals surface area contributed by atoms with Crippen LogP contribution in [-0.4, -0.2) is 26.0 Å². The van der Waals surface area contributed by atoms with Crippen LogP contribution in [0.25, 0.3) is 0 Å². The highest BCUT2D eigenvalue weighted by molar-refractivity contribution is 7.48. The van der Waals surface area contributed by atoms with Crippen molar-refractivity contribution >= 4 is 13.8 Å². The zero-order valence-electron chi connectivity index (χ0n) is 7.73. The standard InChI is InChI=1S/C7H11O6P/c1-6(2)7(8)10-5-13-14(9)11-3-4-12-14/h1,3-5H2,2H3. The van der Waals surface area contributed by atoms with E-state index >= 15 is 0 Å². The van der Waals surface area contributed by atoms with Crippen LogP contribution in [0.1, 0.15) is 6.92 Å². The van der Waals surface area contributed by atoms with Crippen LogP contribution in [-0.2, 0) is 27.7 Å². The molecule has 7 heteroatoms. The molecule has 0 radical (unpaired) electrons. The number of carbonyl (C=O) groups excluding carboxylic acids is 1. The van der Waals surface area contributed by atoms with Gasteiger partial charge in [-0.25, -0.2) is 13.9 Å². The molecule has 0 aliphatic carbocycles. The van der Waals surface area contributed by atoms with Crippen molar-refractivity contribution in [3.8, 4) is 0 Å². The molecule has 1 fully saturated rings. The second kappa shape index (κ2) is 4.70. The summed E-state index contributed by atoms with van der Waals surface area (Å²) in [6.45, 7) is 4.81. The molecule has 1 aliphatic heterocycles. The molecule has 0 spiro atoms. The van der Waals surface area contributed by atoms with Gasteiger partial charge in [0.2, 0.25) is 6.79 Å². The third-order valence-corrected chi connectivity index (χ3v) is 2.75. The van der Waals surface area contributed by atoms with Gasteiger partial charge >= 0.3 is 13.8 Å². The molecule has 0 saturated carbocycles. The number of rotatable bonds is 4. The molecule has 1 rings (SSSR count). The van der Waals surface area contributed by atoms with Crippen molar-refractivity contribution < 1.29 is 27.7 Å². The van der Waals surface area contributed by atoms with Crippen LogP contribution >= 0.6 is 7.82 Å². The van der Waals surface area contributed by atoms with Gasteiger partial charge in [0.05, 0.1) is 13.2 Å². The molecule has 80 valence electrons. The fraction of sp³-hybridized carbons (Fsp3) is 0.571. The van der Waals surface area contributed by atoms with Crippen molar-refractivity contribution in [3.05, 3.63) is 12.2 Å². The lowest BCUT2D eigenvalue weighted by Crippen LogP contribution is -2.08. The summed E-state index contributed by atoms with van der Waals surface area (Å²) in [6, 6.07) is 0. The van der Waals surface area contributed by atoms with Crippen LogP contribution < -0.4 is 0 Å². The van der Waals surface area contributed by atoms with Crippen molar-refractivity contribution in [1.82, 2.24) is 0 Å². The third kappa shape index (κ3) is 3.23. The minimum Gasteiger partial charge on any atom is -0.435 e. The minimum absolute atomic E-state index is 0.214. The number of phosphoric acid groups is 1. The van der Waals surface area contributed by atoms with Crippen LogP contribution in [0.2, 0.25) is 0 Å². The van der Waals surface area contributed by atoms with Gasteiger partial charge in [0, 0.05) is 5.57 Å². The molecule has 0 bridgehead atoms. The Morgan fingerprint density at radius 2 is 2.07 bits per heavy atom. The molecule has 0 aromatic heterocycles. The van der Waals surface area contributed by atoms with Gasteiger partial charge in [0.15, 0.2) is 0 Å². The van der Waals surface area contributed by atoms with Crippen molar-refractivity contribution in [2.45, 2.75) is 6.92 Å². The fourth-order valence-corrected chi connectivity index (χ4v) is 1.68. The number of hydrogen-bond acceptors (Lipinski definition) is 6.